The van der Waals surface area contributed by atoms with Gasteiger partial charge in [-0.05, 0) is 92.0 Å². The molecule has 0 aliphatic rings. The van der Waals surface area contributed by atoms with Crippen LogP contribution in [0.2, 0.25) is 57.4 Å². The molecule has 0 aromatic heterocycles. The fourth-order valence-corrected chi connectivity index (χ4v) is 8.30. The molecule has 0 fully saturated rings. The van der Waals surface area contributed by atoms with Crippen molar-refractivity contribution in [2.45, 2.75) is 288 Å². The molecule has 0 aliphatic carbocycles. The van der Waals surface area contributed by atoms with Crippen molar-refractivity contribution in [2.24, 2.45) is 0 Å². The quantitative estimate of drug-likeness (QED) is 0.0175. The van der Waals surface area contributed by atoms with Crippen molar-refractivity contribution in [3.05, 3.63) is 0 Å². The van der Waals surface area contributed by atoms with E-state index in [0.717, 1.165) is 13.8 Å². The summed E-state index contributed by atoms with van der Waals surface area (Å²) in [5.74, 6) is 4.79. The Hall–Kier alpha value is -5.19. The van der Waals surface area contributed by atoms with Crippen molar-refractivity contribution in [1.82, 2.24) is 0 Å². The average Bonchev–Trinajstić information content (AvgIpc) is 0.792. The molecular weight excluding hydrogens is 1730 g/mol. The van der Waals surface area contributed by atoms with Crippen molar-refractivity contribution >= 4 is 36.9 Å². The highest BCUT2D eigenvalue weighted by Crippen LogP contribution is 2.44. The molecular formula is C68H124F30O16Si3. The lowest BCUT2D eigenvalue weighted by molar-refractivity contribution is -0.524. The topological polar surface area (TPSA) is 218 Å². The van der Waals surface area contributed by atoms with Crippen LogP contribution >= 0.6 is 0 Å². The van der Waals surface area contributed by atoms with E-state index >= 15 is 0 Å². The number of hydrogen-bond donors (Lipinski definition) is 5. The summed E-state index contributed by atoms with van der Waals surface area (Å²) in [6.45, 7) is 10.0. The number of ether oxygens (including phenoxy) is 6. The van der Waals surface area contributed by atoms with Gasteiger partial charge in [-0.1, -0.05) is 104 Å². The van der Waals surface area contributed by atoms with Gasteiger partial charge in [-0.15, -0.1) is 45.3 Å². The Morgan fingerprint density at radius 3 is 0.624 bits per heavy atom. The highest BCUT2D eigenvalue weighted by Gasteiger charge is 2.70. The van der Waals surface area contributed by atoms with Gasteiger partial charge in [0.1, 0.15) is 28.0 Å². The average molecular weight is 1850 g/mol. The van der Waals surface area contributed by atoms with Crippen molar-refractivity contribution < 1.29 is 209 Å². The van der Waals surface area contributed by atoms with Crippen molar-refractivity contribution in [3.63, 3.8) is 0 Å². The van der Waals surface area contributed by atoms with Crippen LogP contribution in [-0.2, 0) is 51.3 Å². The molecule has 5 unspecified atom stereocenters. The van der Waals surface area contributed by atoms with Crippen molar-refractivity contribution in [2.75, 3.05) is 80.2 Å². The summed E-state index contributed by atoms with van der Waals surface area (Å²) < 4.78 is 383. The summed E-state index contributed by atoms with van der Waals surface area (Å²) in [6.07, 6.45) is -30.7. The molecule has 16 nitrogen and oxygen atoms in total. The number of rotatable bonds is 34. The molecule has 0 aromatic carbocycles. The van der Waals surface area contributed by atoms with E-state index in [1.54, 1.807) is 31.4 Å². The van der Waals surface area contributed by atoms with Crippen LogP contribution in [0.25, 0.3) is 0 Å². The summed E-state index contributed by atoms with van der Waals surface area (Å²) in [5.41, 5.74) is -7.07. The van der Waals surface area contributed by atoms with Crippen LogP contribution in [0.15, 0.2) is 0 Å². The molecule has 0 bridgehead atoms. The number of methoxy groups -OCH3 is 1. The van der Waals surface area contributed by atoms with Gasteiger partial charge in [0.15, 0.2) is 45.0 Å². The molecule has 49 heteroatoms. The summed E-state index contributed by atoms with van der Waals surface area (Å²) in [4.78, 5) is 21.7. The van der Waals surface area contributed by atoms with Gasteiger partial charge < -0.3 is 53.0 Å². The number of carbonyl (C=O) groups is 2. The van der Waals surface area contributed by atoms with Crippen LogP contribution in [0.5, 0.6) is 0 Å². The van der Waals surface area contributed by atoms with E-state index in [1.165, 1.54) is 0 Å². The predicted molar refractivity (Wildman–Crippen MR) is 394 cm³/mol. The second-order valence-corrected chi connectivity index (χ2v) is 36.5. The minimum Gasteiger partial charge on any atom is -0.459 e. The summed E-state index contributed by atoms with van der Waals surface area (Å²) in [7, 11) is -5.49. The molecule has 0 saturated carbocycles. The standard InChI is InChI=1S/C11H9F9O5.C11H12F6O5.3C10H19FO2Si.3C2H2F4.10CH4/c1-3-7(2,22)4-5-23-6(21)8(12,13)24-9(14,15)10(16,17)25-11(18,19)20;1-4-8(2,19)5-6-21-7(18)9(12,13)22-11(16,17)10(14,15)20-3;3*1-5-10(2,12)6-8-13-14(3,4)9-7-11;3*3-1-2(4,5)6;;;;;;;;;;/h1,22H,4-5H2,2H3;1,19H,5-6H2,2-3H3;3*1,12H,6-9H2,2-4H3;3*1H2;10*1H4. The van der Waals surface area contributed by atoms with E-state index in [-0.39, 0.29) is 101 Å². The third-order valence-electron chi connectivity index (χ3n) is 11.2. The maximum Gasteiger partial charge on any atom is 0.527 e. The minimum atomic E-state index is -6.58. The van der Waals surface area contributed by atoms with Crippen LogP contribution in [0.1, 0.15) is 141 Å². The number of alkyl halides is 30. The van der Waals surface area contributed by atoms with Crippen LogP contribution < -0.4 is 0 Å². The summed E-state index contributed by atoms with van der Waals surface area (Å²) in [6, 6.07) is 1.47. The van der Waals surface area contributed by atoms with Gasteiger partial charge in [0.2, 0.25) is 0 Å². The molecule has 0 heterocycles. The zero-order valence-electron chi connectivity index (χ0n) is 58.9. The lowest BCUT2D eigenvalue weighted by Gasteiger charge is -2.28. The van der Waals surface area contributed by atoms with E-state index in [2.05, 4.69) is 41.4 Å². The highest BCUT2D eigenvalue weighted by molar-refractivity contribution is 6.71. The van der Waals surface area contributed by atoms with Crippen molar-refractivity contribution in [1.29, 1.82) is 0 Å². The number of carbonyl (C=O) groups excluding carboxylic acids is 2. The number of halogens is 30. The normalized spacial score (nSPS) is 14.0. The van der Waals surface area contributed by atoms with Crippen molar-refractivity contribution in [3.8, 4) is 61.7 Å². The number of terminal acetylenes is 5. The molecule has 0 amide bonds. The molecule has 0 saturated heterocycles. The molecule has 0 radical (unpaired) electrons. The molecule has 0 aliphatic heterocycles. The van der Waals surface area contributed by atoms with Gasteiger partial charge in [0.05, 0.1) is 33.2 Å². The van der Waals surface area contributed by atoms with Gasteiger partial charge in [-0.2, -0.15) is 92.2 Å². The Kier molecular flexibility index (Phi) is 88.6. The number of hydrogen-bond acceptors (Lipinski definition) is 16. The maximum absolute atomic E-state index is 13.0. The predicted octanol–water partition coefficient (Wildman–Crippen LogP) is 21.2. The smallest absolute Gasteiger partial charge is 0.459 e. The van der Waals surface area contributed by atoms with Crippen LogP contribution in [0, 0.1) is 61.7 Å². The SMILES string of the molecule is C.C.C.C.C.C.C.C.C.C.C#CC(C)(O)CCOC(=O)C(F)(F)OC(F)(F)C(F)(F)OC.C#CC(C)(O)CCOC(=O)C(F)(F)OC(F)(F)C(F)(F)OC(F)(F)F.C#CC(C)(O)CCO[Si](C)(C)CCF.C#CC(C)(O)CCO[Si](C)(C)CCF.C#CC(C)(O)CCO[Si](C)(C)CCF.FCC(F)(F)F.FCC(F)(F)F.FCC(F)(F)F. The maximum atomic E-state index is 13.0. The summed E-state index contributed by atoms with van der Waals surface area (Å²) >= 11 is 0. The van der Waals surface area contributed by atoms with Gasteiger partial charge in [-0.25, -0.2) is 37.0 Å². The number of esters is 2. The lowest BCUT2D eigenvalue weighted by Crippen LogP contribution is -2.53. The Bertz CT molecular complexity index is 2540. The van der Waals surface area contributed by atoms with Crippen LogP contribution in [-0.4, -0.2) is 232 Å². The zero-order chi connectivity index (χ0) is 87.5. The third kappa shape index (κ3) is 91.4. The first kappa shape index (κ1) is 156. The Labute approximate surface area is 673 Å². The van der Waals surface area contributed by atoms with Crippen LogP contribution in [0.3, 0.4) is 0 Å². The molecule has 0 aromatic rings. The lowest BCUT2D eigenvalue weighted by atomic mass is 10.1. The third-order valence-corrected chi connectivity index (χ3v) is 18.3. The van der Waals surface area contributed by atoms with E-state index in [9.17, 15) is 167 Å². The number of aliphatic hydroxyl groups is 5. The molecule has 5 N–H and O–H groups in total. The minimum absolute atomic E-state index is 0. The Morgan fingerprint density at radius 2 is 0.479 bits per heavy atom. The van der Waals surface area contributed by atoms with E-state index in [1.807, 2.05) is 45.2 Å². The summed E-state index contributed by atoms with van der Waals surface area (Å²) in [5, 5.41) is 47.0. The largest absolute Gasteiger partial charge is 0.527 e. The van der Waals surface area contributed by atoms with E-state index < -0.39 is 173 Å². The monoisotopic (exact) mass is 1850 g/mol. The molecule has 117 heavy (non-hydrogen) atoms. The van der Waals surface area contributed by atoms with E-state index in [0.29, 0.717) is 57.2 Å². The van der Waals surface area contributed by atoms with E-state index in [4.69, 9.17) is 45.4 Å². The second-order valence-electron chi connectivity index (χ2n) is 23.6. The molecule has 714 valence electrons. The fourth-order valence-electron chi connectivity index (χ4n) is 4.54. The molecule has 5 atom stereocenters. The second kappa shape index (κ2) is 66.4. The fraction of sp³-hybridized carbons (Fsp3) is 0.824. The van der Waals surface area contributed by atoms with Gasteiger partial charge in [-0.3, -0.25) is 13.2 Å². The van der Waals surface area contributed by atoms with Crippen LogP contribution in [0.4, 0.5) is 132 Å². The van der Waals surface area contributed by atoms with Gasteiger partial charge in [0.25, 0.3) is 0 Å². The molecule has 0 spiro atoms. The first-order chi connectivity index (χ1) is 47.2. The highest BCUT2D eigenvalue weighted by atomic mass is 28.4. The first-order valence-electron chi connectivity index (χ1n) is 29.0. The Balaban J connectivity index is -0.0000000616. The van der Waals surface area contributed by atoms with Gasteiger partial charge >= 0.3 is 73.5 Å². The first-order valence-corrected chi connectivity index (χ1v) is 38.4. The molecule has 0 rings (SSSR count). The zero-order valence-corrected chi connectivity index (χ0v) is 61.9. The van der Waals surface area contributed by atoms with Gasteiger partial charge in [0, 0.05) is 59.0 Å². The Morgan fingerprint density at radius 1 is 0.316 bits per heavy atom.